The molecule has 0 atom stereocenters. The molecule has 16 heavy (non-hydrogen) atoms. The Morgan fingerprint density at radius 1 is 1.06 bits per heavy atom. The van der Waals surface area contributed by atoms with Crippen LogP contribution < -0.4 is 5.73 Å². The minimum absolute atomic E-state index is 0.594. The van der Waals surface area contributed by atoms with E-state index in [4.69, 9.17) is 5.73 Å². The van der Waals surface area contributed by atoms with E-state index in [0.29, 0.717) is 6.54 Å². The number of nitrogens with two attached hydrogens (primary N) is 1. The molecular weight excluding hydrogens is 196 g/mol. The molecule has 2 N–H and O–H groups in total. The molecule has 82 valence electrons. The Balaban J connectivity index is 2.53. The topological polar surface area (TPSA) is 38.9 Å². The molecule has 0 aliphatic heterocycles. The molecule has 0 saturated carbocycles. The van der Waals surface area contributed by atoms with Gasteiger partial charge in [0.1, 0.15) is 0 Å². The summed E-state index contributed by atoms with van der Waals surface area (Å²) in [4.78, 5) is 4.11. The second-order valence-electron chi connectivity index (χ2n) is 4.04. The van der Waals surface area contributed by atoms with Crippen molar-refractivity contribution in [3.05, 3.63) is 53.3 Å². The Morgan fingerprint density at radius 3 is 2.44 bits per heavy atom. The SMILES string of the molecule is Cc1cnccc1-c1ccc(CN)cc1C. The first-order chi connectivity index (χ1) is 7.72. The zero-order valence-corrected chi connectivity index (χ0v) is 9.70. The maximum atomic E-state index is 5.63. The van der Waals surface area contributed by atoms with Gasteiger partial charge in [-0.15, -0.1) is 0 Å². The zero-order chi connectivity index (χ0) is 11.5. The van der Waals surface area contributed by atoms with Crippen LogP contribution in [0, 0.1) is 13.8 Å². The van der Waals surface area contributed by atoms with Crippen LogP contribution in [0.4, 0.5) is 0 Å². The number of hydrogen-bond acceptors (Lipinski definition) is 2. The predicted octanol–water partition coefficient (Wildman–Crippen LogP) is 2.82. The lowest BCUT2D eigenvalue weighted by atomic mass is 9.96. The first kappa shape index (κ1) is 10.8. The largest absolute Gasteiger partial charge is 0.326 e. The summed E-state index contributed by atoms with van der Waals surface area (Å²) in [5.41, 5.74) is 11.8. The molecule has 0 saturated heterocycles. The van der Waals surface area contributed by atoms with Crippen LogP contribution in [0.5, 0.6) is 0 Å². The molecule has 0 unspecified atom stereocenters. The van der Waals surface area contributed by atoms with Crippen LogP contribution in [-0.2, 0) is 6.54 Å². The normalized spacial score (nSPS) is 10.4. The highest BCUT2D eigenvalue weighted by Gasteiger charge is 2.04. The van der Waals surface area contributed by atoms with Crippen LogP contribution in [0.3, 0.4) is 0 Å². The summed E-state index contributed by atoms with van der Waals surface area (Å²) in [7, 11) is 0. The van der Waals surface area contributed by atoms with Gasteiger partial charge in [0, 0.05) is 18.9 Å². The summed E-state index contributed by atoms with van der Waals surface area (Å²) < 4.78 is 0. The molecule has 0 amide bonds. The second-order valence-corrected chi connectivity index (χ2v) is 4.04. The third-order valence-electron chi connectivity index (χ3n) is 2.84. The van der Waals surface area contributed by atoms with Gasteiger partial charge in [-0.25, -0.2) is 0 Å². The van der Waals surface area contributed by atoms with Crippen molar-refractivity contribution in [1.82, 2.24) is 4.98 Å². The Morgan fingerprint density at radius 2 is 1.81 bits per heavy atom. The lowest BCUT2D eigenvalue weighted by Gasteiger charge is -2.10. The van der Waals surface area contributed by atoms with Crippen molar-refractivity contribution >= 4 is 0 Å². The maximum absolute atomic E-state index is 5.63. The summed E-state index contributed by atoms with van der Waals surface area (Å²) in [5, 5.41) is 0. The smallest absolute Gasteiger partial charge is 0.0303 e. The molecule has 1 aromatic heterocycles. The number of nitrogens with zero attached hydrogens (tertiary/aromatic N) is 1. The van der Waals surface area contributed by atoms with Gasteiger partial charge in [-0.05, 0) is 47.7 Å². The number of benzene rings is 1. The van der Waals surface area contributed by atoms with Crippen LogP contribution >= 0.6 is 0 Å². The minimum Gasteiger partial charge on any atom is -0.326 e. The molecule has 0 radical (unpaired) electrons. The van der Waals surface area contributed by atoms with Gasteiger partial charge < -0.3 is 5.73 Å². The molecule has 2 rings (SSSR count). The van der Waals surface area contributed by atoms with Gasteiger partial charge in [0.15, 0.2) is 0 Å². The van der Waals surface area contributed by atoms with Gasteiger partial charge in [-0.2, -0.15) is 0 Å². The molecule has 2 heteroatoms. The molecule has 1 heterocycles. The van der Waals surface area contributed by atoms with Crippen LogP contribution in [-0.4, -0.2) is 4.98 Å². The van der Waals surface area contributed by atoms with Crippen molar-refractivity contribution in [2.45, 2.75) is 20.4 Å². The number of pyridine rings is 1. The lowest BCUT2D eigenvalue weighted by Crippen LogP contribution is -1.97. The number of aromatic nitrogens is 1. The monoisotopic (exact) mass is 212 g/mol. The van der Waals surface area contributed by atoms with Gasteiger partial charge in [-0.1, -0.05) is 18.2 Å². The average Bonchev–Trinajstić information content (AvgIpc) is 2.30. The standard InChI is InChI=1S/C14H16N2/c1-10-7-12(8-15)3-4-13(10)14-5-6-16-9-11(14)2/h3-7,9H,8,15H2,1-2H3. The predicted molar refractivity (Wildman–Crippen MR) is 67.0 cm³/mol. The van der Waals surface area contributed by atoms with Crippen molar-refractivity contribution in [2.75, 3.05) is 0 Å². The molecule has 0 fully saturated rings. The Labute approximate surface area is 96.1 Å². The van der Waals surface area contributed by atoms with Crippen molar-refractivity contribution in [1.29, 1.82) is 0 Å². The lowest BCUT2D eigenvalue weighted by molar-refractivity contribution is 1.07. The van der Waals surface area contributed by atoms with Crippen LogP contribution in [0.25, 0.3) is 11.1 Å². The second kappa shape index (κ2) is 4.45. The van der Waals surface area contributed by atoms with Gasteiger partial charge in [-0.3, -0.25) is 4.98 Å². The summed E-state index contributed by atoms with van der Waals surface area (Å²) in [6.45, 7) is 4.80. The summed E-state index contributed by atoms with van der Waals surface area (Å²) in [6.07, 6.45) is 3.73. The highest BCUT2D eigenvalue weighted by atomic mass is 14.6. The highest BCUT2D eigenvalue weighted by Crippen LogP contribution is 2.26. The summed E-state index contributed by atoms with van der Waals surface area (Å²) in [6, 6.07) is 8.43. The molecule has 0 aliphatic carbocycles. The third-order valence-corrected chi connectivity index (χ3v) is 2.84. The zero-order valence-electron chi connectivity index (χ0n) is 9.70. The van der Waals surface area contributed by atoms with E-state index in [1.807, 2.05) is 12.4 Å². The molecule has 2 nitrogen and oxygen atoms in total. The van der Waals surface area contributed by atoms with E-state index in [-0.39, 0.29) is 0 Å². The first-order valence-electron chi connectivity index (χ1n) is 5.43. The van der Waals surface area contributed by atoms with E-state index in [1.54, 1.807) is 0 Å². The van der Waals surface area contributed by atoms with Crippen LogP contribution in [0.1, 0.15) is 16.7 Å². The number of hydrogen-bond donors (Lipinski definition) is 1. The van der Waals surface area contributed by atoms with Gasteiger partial charge in [0.25, 0.3) is 0 Å². The summed E-state index contributed by atoms with van der Waals surface area (Å²) in [5.74, 6) is 0. The fraction of sp³-hybridized carbons (Fsp3) is 0.214. The number of aryl methyl sites for hydroxylation is 2. The van der Waals surface area contributed by atoms with Crippen molar-refractivity contribution in [3.8, 4) is 11.1 Å². The van der Waals surface area contributed by atoms with Gasteiger partial charge in [0.2, 0.25) is 0 Å². The Kier molecular flexibility index (Phi) is 3.02. The molecule has 0 spiro atoms. The average molecular weight is 212 g/mol. The molecule has 1 aromatic carbocycles. The van der Waals surface area contributed by atoms with E-state index in [1.165, 1.54) is 27.8 Å². The quantitative estimate of drug-likeness (QED) is 0.831. The van der Waals surface area contributed by atoms with Gasteiger partial charge in [0.05, 0.1) is 0 Å². The molecular formula is C14H16N2. The van der Waals surface area contributed by atoms with Gasteiger partial charge >= 0.3 is 0 Å². The maximum Gasteiger partial charge on any atom is 0.0303 e. The summed E-state index contributed by atoms with van der Waals surface area (Å²) >= 11 is 0. The van der Waals surface area contributed by atoms with E-state index in [0.717, 1.165) is 0 Å². The van der Waals surface area contributed by atoms with E-state index < -0.39 is 0 Å². The van der Waals surface area contributed by atoms with Crippen LogP contribution in [0.2, 0.25) is 0 Å². The van der Waals surface area contributed by atoms with Crippen molar-refractivity contribution < 1.29 is 0 Å². The highest BCUT2D eigenvalue weighted by molar-refractivity contribution is 5.70. The van der Waals surface area contributed by atoms with E-state index >= 15 is 0 Å². The van der Waals surface area contributed by atoms with E-state index in [9.17, 15) is 0 Å². The fourth-order valence-corrected chi connectivity index (χ4v) is 1.93. The fourth-order valence-electron chi connectivity index (χ4n) is 1.93. The molecule has 0 bridgehead atoms. The Hall–Kier alpha value is -1.67. The van der Waals surface area contributed by atoms with Crippen molar-refractivity contribution in [2.24, 2.45) is 5.73 Å². The van der Waals surface area contributed by atoms with E-state index in [2.05, 4.69) is 43.1 Å². The molecule has 2 aromatic rings. The third kappa shape index (κ3) is 1.97. The van der Waals surface area contributed by atoms with Crippen molar-refractivity contribution in [3.63, 3.8) is 0 Å². The number of rotatable bonds is 2. The minimum atomic E-state index is 0.594. The first-order valence-corrected chi connectivity index (χ1v) is 5.43. The molecule has 0 aliphatic rings. The van der Waals surface area contributed by atoms with Crippen LogP contribution in [0.15, 0.2) is 36.7 Å². The Bertz CT molecular complexity index is 504.